The van der Waals surface area contributed by atoms with Crippen LogP contribution in [0, 0.1) is 0 Å². The summed E-state index contributed by atoms with van der Waals surface area (Å²) in [7, 11) is 1.86. The van der Waals surface area contributed by atoms with E-state index in [1.54, 1.807) is 4.68 Å². The van der Waals surface area contributed by atoms with Gasteiger partial charge in [0.25, 0.3) is 5.91 Å². The quantitative estimate of drug-likeness (QED) is 0.845. The number of rotatable bonds is 2. The van der Waals surface area contributed by atoms with Crippen LogP contribution in [0.15, 0.2) is 6.20 Å². The average Bonchev–Trinajstić information content (AvgIpc) is 2.68. The molecular weight excluding hydrogens is 228 g/mol. The van der Waals surface area contributed by atoms with E-state index in [1.807, 2.05) is 25.1 Å². The molecule has 0 aromatic carbocycles. The maximum Gasteiger partial charge on any atom is 0.257 e. The van der Waals surface area contributed by atoms with Crippen molar-refractivity contribution in [3.05, 3.63) is 17.5 Å². The fourth-order valence-electron chi connectivity index (χ4n) is 2.64. The Labute approximate surface area is 108 Å². The number of carbonyl (C=O) groups is 1. The number of aromatic nitrogens is 2. The van der Waals surface area contributed by atoms with Crippen LogP contribution in [0.2, 0.25) is 0 Å². The Balaban J connectivity index is 2.19. The van der Waals surface area contributed by atoms with Crippen molar-refractivity contribution < 1.29 is 4.79 Å². The van der Waals surface area contributed by atoms with E-state index in [2.05, 4.69) is 24.3 Å². The number of aryl methyl sites for hydroxylation is 2. The first-order valence-corrected chi connectivity index (χ1v) is 6.59. The van der Waals surface area contributed by atoms with Gasteiger partial charge in [0.1, 0.15) is 0 Å². The fraction of sp³-hybridized carbons (Fsp3) is 0.692. The van der Waals surface area contributed by atoms with E-state index < -0.39 is 0 Å². The van der Waals surface area contributed by atoms with Crippen molar-refractivity contribution >= 4 is 5.91 Å². The second-order valence-corrected chi connectivity index (χ2v) is 5.20. The summed E-state index contributed by atoms with van der Waals surface area (Å²) in [6.07, 6.45) is 2.62. The zero-order valence-corrected chi connectivity index (χ0v) is 11.6. The Hall–Kier alpha value is -1.36. The van der Waals surface area contributed by atoms with Gasteiger partial charge in [-0.3, -0.25) is 9.48 Å². The molecule has 2 atom stereocenters. The van der Waals surface area contributed by atoms with Gasteiger partial charge in [-0.25, -0.2) is 0 Å². The minimum atomic E-state index is 0.111. The van der Waals surface area contributed by atoms with Crippen molar-refractivity contribution in [2.75, 3.05) is 13.1 Å². The van der Waals surface area contributed by atoms with Crippen LogP contribution < -0.4 is 5.32 Å². The predicted octanol–water partition coefficient (Wildman–Crippen LogP) is 0.805. The van der Waals surface area contributed by atoms with Gasteiger partial charge < -0.3 is 10.2 Å². The van der Waals surface area contributed by atoms with Crippen molar-refractivity contribution in [3.8, 4) is 0 Å². The molecule has 0 radical (unpaired) electrons. The number of nitrogens with zero attached hydrogens (tertiary/aromatic N) is 3. The lowest BCUT2D eigenvalue weighted by molar-refractivity contribution is 0.0672. The van der Waals surface area contributed by atoms with Crippen LogP contribution in [0.25, 0.3) is 0 Å². The molecule has 1 saturated heterocycles. The second-order valence-electron chi connectivity index (χ2n) is 5.20. The van der Waals surface area contributed by atoms with Gasteiger partial charge in [0.05, 0.1) is 11.3 Å². The van der Waals surface area contributed by atoms with Gasteiger partial charge in [-0.05, 0) is 20.3 Å². The number of piperazine rings is 1. The van der Waals surface area contributed by atoms with E-state index in [9.17, 15) is 4.79 Å². The van der Waals surface area contributed by atoms with Crippen LogP contribution in [-0.4, -0.2) is 45.8 Å². The Morgan fingerprint density at radius 1 is 1.44 bits per heavy atom. The molecule has 18 heavy (non-hydrogen) atoms. The minimum absolute atomic E-state index is 0.111. The summed E-state index contributed by atoms with van der Waals surface area (Å²) < 4.78 is 1.72. The van der Waals surface area contributed by atoms with Crippen molar-refractivity contribution in [1.82, 2.24) is 20.0 Å². The first-order valence-electron chi connectivity index (χ1n) is 6.59. The highest BCUT2D eigenvalue weighted by Gasteiger charge is 2.27. The van der Waals surface area contributed by atoms with Gasteiger partial charge in [0.15, 0.2) is 0 Å². The molecule has 1 fully saturated rings. The molecule has 1 aliphatic heterocycles. The lowest BCUT2D eigenvalue weighted by atomic mass is 10.1. The molecular formula is C13H22N4O. The smallest absolute Gasteiger partial charge is 0.257 e. The van der Waals surface area contributed by atoms with E-state index in [-0.39, 0.29) is 5.91 Å². The zero-order valence-electron chi connectivity index (χ0n) is 11.6. The van der Waals surface area contributed by atoms with E-state index in [4.69, 9.17) is 0 Å². The highest BCUT2D eigenvalue weighted by Crippen LogP contribution is 2.14. The lowest BCUT2D eigenvalue weighted by Gasteiger charge is -2.36. The average molecular weight is 250 g/mol. The predicted molar refractivity (Wildman–Crippen MR) is 70.5 cm³/mol. The van der Waals surface area contributed by atoms with Gasteiger partial charge >= 0.3 is 0 Å². The van der Waals surface area contributed by atoms with Gasteiger partial charge in [-0.2, -0.15) is 5.10 Å². The lowest BCUT2D eigenvalue weighted by Crippen LogP contribution is -2.55. The van der Waals surface area contributed by atoms with E-state index in [1.165, 1.54) is 0 Å². The molecule has 2 unspecified atom stereocenters. The van der Waals surface area contributed by atoms with Gasteiger partial charge in [-0.1, -0.05) is 6.92 Å². The summed E-state index contributed by atoms with van der Waals surface area (Å²) in [4.78, 5) is 14.5. The summed E-state index contributed by atoms with van der Waals surface area (Å²) in [6.45, 7) is 7.78. The Morgan fingerprint density at radius 3 is 2.61 bits per heavy atom. The SMILES string of the molecule is CCc1nn(C)cc1C(=O)N1CC(C)NC(C)C1. The highest BCUT2D eigenvalue weighted by molar-refractivity contribution is 5.95. The Bertz CT molecular complexity index is 430. The molecule has 1 aliphatic rings. The van der Waals surface area contributed by atoms with Crippen molar-refractivity contribution in [2.45, 2.75) is 39.3 Å². The Kier molecular flexibility index (Phi) is 3.71. The third-order valence-electron chi connectivity index (χ3n) is 3.32. The molecule has 1 aromatic heterocycles. The molecule has 2 heterocycles. The largest absolute Gasteiger partial charge is 0.335 e. The molecule has 0 bridgehead atoms. The maximum atomic E-state index is 12.5. The summed E-state index contributed by atoms with van der Waals surface area (Å²) in [5.41, 5.74) is 1.64. The molecule has 0 saturated carbocycles. The third kappa shape index (κ3) is 2.56. The summed E-state index contributed by atoms with van der Waals surface area (Å²) in [5.74, 6) is 0.111. The number of hydrogen-bond acceptors (Lipinski definition) is 3. The monoisotopic (exact) mass is 250 g/mol. The first-order chi connectivity index (χ1) is 8.51. The number of carbonyl (C=O) groups excluding carboxylic acids is 1. The van der Waals surface area contributed by atoms with Crippen LogP contribution >= 0.6 is 0 Å². The second kappa shape index (κ2) is 5.10. The van der Waals surface area contributed by atoms with Crippen molar-refractivity contribution in [3.63, 3.8) is 0 Å². The highest BCUT2D eigenvalue weighted by atomic mass is 16.2. The van der Waals surface area contributed by atoms with Gasteiger partial charge in [-0.15, -0.1) is 0 Å². The molecule has 1 aromatic rings. The van der Waals surface area contributed by atoms with E-state index in [0.29, 0.717) is 12.1 Å². The normalized spacial score (nSPS) is 24.3. The number of amides is 1. The topological polar surface area (TPSA) is 50.2 Å². The fourth-order valence-corrected chi connectivity index (χ4v) is 2.64. The summed E-state index contributed by atoms with van der Waals surface area (Å²) in [6, 6.07) is 0.693. The zero-order chi connectivity index (χ0) is 13.3. The molecule has 100 valence electrons. The summed E-state index contributed by atoms with van der Waals surface area (Å²) in [5, 5.41) is 7.77. The van der Waals surface area contributed by atoms with E-state index in [0.717, 1.165) is 30.8 Å². The molecule has 5 nitrogen and oxygen atoms in total. The van der Waals surface area contributed by atoms with Crippen LogP contribution in [-0.2, 0) is 13.5 Å². The number of hydrogen-bond donors (Lipinski definition) is 1. The molecule has 1 amide bonds. The van der Waals surface area contributed by atoms with Gasteiger partial charge in [0.2, 0.25) is 0 Å². The number of nitrogens with one attached hydrogen (secondary N) is 1. The molecule has 2 rings (SSSR count). The van der Waals surface area contributed by atoms with Crippen LogP contribution in [0.5, 0.6) is 0 Å². The summed E-state index contributed by atoms with van der Waals surface area (Å²) >= 11 is 0. The van der Waals surface area contributed by atoms with Crippen molar-refractivity contribution in [2.24, 2.45) is 7.05 Å². The Morgan fingerprint density at radius 2 is 2.06 bits per heavy atom. The standard InChI is InChI=1S/C13H22N4O/c1-5-12-11(8-16(4)15-12)13(18)17-6-9(2)14-10(3)7-17/h8-10,14H,5-7H2,1-4H3. The third-order valence-corrected chi connectivity index (χ3v) is 3.32. The van der Waals surface area contributed by atoms with E-state index >= 15 is 0 Å². The van der Waals surface area contributed by atoms with Crippen LogP contribution in [0.4, 0.5) is 0 Å². The molecule has 0 spiro atoms. The maximum absolute atomic E-state index is 12.5. The van der Waals surface area contributed by atoms with Crippen molar-refractivity contribution in [1.29, 1.82) is 0 Å². The van der Waals surface area contributed by atoms with Crippen LogP contribution in [0.3, 0.4) is 0 Å². The first kappa shape index (κ1) is 13.1. The van der Waals surface area contributed by atoms with Crippen LogP contribution in [0.1, 0.15) is 36.8 Å². The molecule has 1 N–H and O–H groups in total. The molecule has 5 heteroatoms. The molecule has 0 aliphatic carbocycles. The van der Waals surface area contributed by atoms with Gasteiger partial charge in [0, 0.05) is 38.4 Å². The minimum Gasteiger partial charge on any atom is -0.335 e.